The summed E-state index contributed by atoms with van der Waals surface area (Å²) in [5, 5.41) is 3.31. The first-order valence-corrected chi connectivity index (χ1v) is 9.17. The third-order valence-electron chi connectivity index (χ3n) is 4.26. The number of nitrogens with zero attached hydrogens (tertiary/aromatic N) is 1. The van der Waals surface area contributed by atoms with Crippen LogP contribution in [0.2, 0.25) is 0 Å². The van der Waals surface area contributed by atoms with Gasteiger partial charge in [-0.1, -0.05) is 6.42 Å². The minimum Gasteiger partial charge on any atom is -0.313 e. The maximum atomic E-state index is 11.6. The highest BCUT2D eigenvalue weighted by molar-refractivity contribution is 7.91. The van der Waals surface area contributed by atoms with Crippen molar-refractivity contribution in [2.24, 2.45) is 0 Å². The SMILES string of the molecule is CS(=O)(=O)C1CCCC1NCCCN1CCCC1. The molecule has 0 aromatic carbocycles. The van der Waals surface area contributed by atoms with E-state index in [9.17, 15) is 8.42 Å². The molecule has 0 amide bonds. The normalized spacial score (nSPS) is 30.1. The molecule has 0 spiro atoms. The van der Waals surface area contributed by atoms with Gasteiger partial charge in [0.05, 0.1) is 5.25 Å². The van der Waals surface area contributed by atoms with Crippen molar-refractivity contribution in [3.8, 4) is 0 Å². The Morgan fingerprint density at radius 2 is 1.89 bits per heavy atom. The second-order valence-electron chi connectivity index (χ2n) is 5.76. The molecule has 1 saturated heterocycles. The van der Waals surface area contributed by atoms with Crippen LogP contribution in [0.3, 0.4) is 0 Å². The van der Waals surface area contributed by atoms with Crippen LogP contribution in [-0.2, 0) is 9.84 Å². The number of hydrogen-bond donors (Lipinski definition) is 1. The molecule has 0 aromatic heterocycles. The third kappa shape index (κ3) is 3.93. The van der Waals surface area contributed by atoms with Gasteiger partial charge in [0.1, 0.15) is 0 Å². The Labute approximate surface area is 111 Å². The van der Waals surface area contributed by atoms with E-state index in [4.69, 9.17) is 0 Å². The highest BCUT2D eigenvalue weighted by atomic mass is 32.2. The van der Waals surface area contributed by atoms with E-state index in [1.807, 2.05) is 0 Å². The van der Waals surface area contributed by atoms with Gasteiger partial charge in [-0.3, -0.25) is 0 Å². The summed E-state index contributed by atoms with van der Waals surface area (Å²) < 4.78 is 23.3. The summed E-state index contributed by atoms with van der Waals surface area (Å²) in [5.74, 6) is 0. The van der Waals surface area contributed by atoms with Crippen molar-refractivity contribution < 1.29 is 8.42 Å². The Balaban J connectivity index is 1.66. The zero-order valence-electron chi connectivity index (χ0n) is 11.4. The zero-order chi connectivity index (χ0) is 13.0. The molecule has 18 heavy (non-hydrogen) atoms. The number of nitrogens with one attached hydrogen (secondary N) is 1. The lowest BCUT2D eigenvalue weighted by Crippen LogP contribution is -2.41. The monoisotopic (exact) mass is 274 g/mol. The minimum absolute atomic E-state index is 0.149. The number of likely N-dealkylation sites (tertiary alicyclic amines) is 1. The van der Waals surface area contributed by atoms with Crippen molar-refractivity contribution in [3.63, 3.8) is 0 Å². The van der Waals surface area contributed by atoms with Gasteiger partial charge in [-0.05, 0) is 58.3 Å². The van der Waals surface area contributed by atoms with Crippen molar-refractivity contribution in [1.29, 1.82) is 0 Å². The molecule has 2 unspecified atom stereocenters. The van der Waals surface area contributed by atoms with Crippen LogP contribution in [0.25, 0.3) is 0 Å². The van der Waals surface area contributed by atoms with Crippen molar-refractivity contribution in [2.75, 3.05) is 32.4 Å². The summed E-state index contributed by atoms with van der Waals surface area (Å²) in [6.45, 7) is 4.60. The highest BCUT2D eigenvalue weighted by Crippen LogP contribution is 2.24. The van der Waals surface area contributed by atoms with Crippen LogP contribution < -0.4 is 5.32 Å². The van der Waals surface area contributed by atoms with Gasteiger partial charge < -0.3 is 10.2 Å². The number of sulfone groups is 1. The molecule has 1 saturated carbocycles. The van der Waals surface area contributed by atoms with Gasteiger partial charge in [0.2, 0.25) is 0 Å². The Morgan fingerprint density at radius 3 is 2.56 bits per heavy atom. The van der Waals surface area contributed by atoms with Crippen LogP contribution in [0.1, 0.15) is 38.5 Å². The van der Waals surface area contributed by atoms with Gasteiger partial charge >= 0.3 is 0 Å². The van der Waals surface area contributed by atoms with Crippen LogP contribution in [0.15, 0.2) is 0 Å². The molecule has 2 aliphatic rings. The van der Waals surface area contributed by atoms with Crippen LogP contribution in [0.5, 0.6) is 0 Å². The van der Waals surface area contributed by atoms with Gasteiger partial charge in [0.25, 0.3) is 0 Å². The minimum atomic E-state index is -2.88. The van der Waals surface area contributed by atoms with E-state index in [0.29, 0.717) is 0 Å². The molecule has 106 valence electrons. The van der Waals surface area contributed by atoms with Crippen molar-refractivity contribution in [3.05, 3.63) is 0 Å². The average molecular weight is 274 g/mol. The number of rotatable bonds is 6. The second kappa shape index (κ2) is 6.35. The van der Waals surface area contributed by atoms with Gasteiger partial charge in [-0.25, -0.2) is 8.42 Å². The lowest BCUT2D eigenvalue weighted by molar-refractivity contribution is 0.327. The quantitative estimate of drug-likeness (QED) is 0.735. The molecule has 1 heterocycles. The van der Waals surface area contributed by atoms with Gasteiger partial charge in [-0.15, -0.1) is 0 Å². The first kappa shape index (κ1) is 14.3. The van der Waals surface area contributed by atoms with Crippen molar-refractivity contribution >= 4 is 9.84 Å². The molecule has 2 rings (SSSR count). The summed E-state index contributed by atoms with van der Waals surface area (Å²) in [4.78, 5) is 2.50. The average Bonchev–Trinajstić information content (AvgIpc) is 2.94. The maximum absolute atomic E-state index is 11.6. The Hall–Kier alpha value is -0.130. The molecule has 1 aliphatic heterocycles. The van der Waals surface area contributed by atoms with Crippen molar-refractivity contribution in [1.82, 2.24) is 10.2 Å². The summed E-state index contributed by atoms with van der Waals surface area (Å²) in [6.07, 6.45) is 8.08. The number of hydrogen-bond acceptors (Lipinski definition) is 4. The van der Waals surface area contributed by atoms with Crippen molar-refractivity contribution in [2.45, 2.75) is 49.8 Å². The zero-order valence-corrected chi connectivity index (χ0v) is 12.2. The molecule has 0 radical (unpaired) electrons. The molecular formula is C13H26N2O2S. The standard InChI is InChI=1S/C13H26N2O2S/c1-18(16,17)13-7-4-6-12(13)14-8-5-11-15-9-2-3-10-15/h12-14H,2-11H2,1H3. The molecule has 0 bridgehead atoms. The van der Waals surface area contributed by atoms with E-state index in [1.165, 1.54) is 32.2 Å². The topological polar surface area (TPSA) is 49.4 Å². The molecule has 0 aromatic rings. The molecular weight excluding hydrogens is 248 g/mol. The third-order valence-corrected chi connectivity index (χ3v) is 5.92. The first-order chi connectivity index (χ1) is 8.57. The predicted octanol–water partition coefficient (Wildman–Crippen LogP) is 1.03. The molecule has 2 atom stereocenters. The lowest BCUT2D eigenvalue weighted by atomic mass is 10.2. The molecule has 1 aliphatic carbocycles. The summed E-state index contributed by atoms with van der Waals surface area (Å²) in [6, 6.07) is 0.193. The van der Waals surface area contributed by atoms with Crippen LogP contribution in [-0.4, -0.2) is 57.0 Å². The molecule has 2 fully saturated rings. The molecule has 4 nitrogen and oxygen atoms in total. The van der Waals surface area contributed by atoms with Crippen LogP contribution >= 0.6 is 0 Å². The molecule has 5 heteroatoms. The van der Waals surface area contributed by atoms with E-state index in [0.717, 1.165) is 38.8 Å². The predicted molar refractivity (Wildman–Crippen MR) is 74.6 cm³/mol. The fourth-order valence-electron chi connectivity index (χ4n) is 3.27. The summed E-state index contributed by atoms with van der Waals surface area (Å²) >= 11 is 0. The van der Waals surface area contributed by atoms with E-state index < -0.39 is 9.84 Å². The van der Waals surface area contributed by atoms with E-state index in [1.54, 1.807) is 0 Å². The van der Waals surface area contributed by atoms with Gasteiger partial charge in [0.15, 0.2) is 9.84 Å². The Bertz CT molecular complexity index is 350. The Kier molecular flexibility index (Phi) is 5.04. The van der Waals surface area contributed by atoms with E-state index in [-0.39, 0.29) is 11.3 Å². The Morgan fingerprint density at radius 1 is 1.17 bits per heavy atom. The van der Waals surface area contributed by atoms with Gasteiger partial charge in [-0.2, -0.15) is 0 Å². The summed E-state index contributed by atoms with van der Waals surface area (Å²) in [7, 11) is -2.88. The fraction of sp³-hybridized carbons (Fsp3) is 1.00. The van der Waals surface area contributed by atoms with Crippen LogP contribution in [0, 0.1) is 0 Å². The van der Waals surface area contributed by atoms with Crippen LogP contribution in [0.4, 0.5) is 0 Å². The van der Waals surface area contributed by atoms with E-state index >= 15 is 0 Å². The molecule has 1 N–H and O–H groups in total. The summed E-state index contributed by atoms with van der Waals surface area (Å²) in [5.41, 5.74) is 0. The lowest BCUT2D eigenvalue weighted by Gasteiger charge is -2.20. The maximum Gasteiger partial charge on any atom is 0.151 e. The van der Waals surface area contributed by atoms with E-state index in [2.05, 4.69) is 10.2 Å². The van der Waals surface area contributed by atoms with Gasteiger partial charge in [0, 0.05) is 12.3 Å². The fourth-order valence-corrected chi connectivity index (χ4v) is 4.69. The second-order valence-corrected chi connectivity index (χ2v) is 8.03. The smallest absolute Gasteiger partial charge is 0.151 e. The largest absolute Gasteiger partial charge is 0.313 e. The first-order valence-electron chi connectivity index (χ1n) is 7.22. The highest BCUT2D eigenvalue weighted by Gasteiger charge is 2.34.